The van der Waals surface area contributed by atoms with Crippen LogP contribution in [0, 0.1) is 40.8 Å². The highest BCUT2D eigenvalue weighted by Gasteiger charge is 2.71. The van der Waals surface area contributed by atoms with Crippen LogP contribution >= 0.6 is 0 Å². The normalized spacial score (nSPS) is 32.6. The molecule has 0 N–H and O–H groups in total. The van der Waals surface area contributed by atoms with E-state index in [9.17, 15) is 14.9 Å². The summed E-state index contributed by atoms with van der Waals surface area (Å²) in [6, 6.07) is 10.8. The molecule has 2 bridgehead atoms. The van der Waals surface area contributed by atoms with E-state index in [1.165, 1.54) is 11.0 Å². The van der Waals surface area contributed by atoms with Crippen molar-refractivity contribution in [2.75, 3.05) is 44.2 Å². The van der Waals surface area contributed by atoms with Crippen LogP contribution in [0.1, 0.15) is 12.1 Å². The van der Waals surface area contributed by atoms with E-state index < -0.39 is 23.4 Å². The lowest BCUT2D eigenvalue weighted by atomic mass is 9.90. The monoisotopic (exact) mass is 568 g/mol. The number of nitrogens with zero attached hydrogens (tertiary/aromatic N) is 8. The molecule has 4 aliphatic heterocycles. The summed E-state index contributed by atoms with van der Waals surface area (Å²) in [4.78, 5) is 36.0. The zero-order chi connectivity index (χ0) is 28.6. The first kappa shape index (κ1) is 25.3. The number of hydrogen-bond acceptors (Lipinski definition) is 8. The molecular weight excluding hydrogens is 539 g/mol. The fourth-order valence-electron chi connectivity index (χ4n) is 7.78. The topological polar surface area (TPSA) is 120 Å². The smallest absolute Gasteiger partial charge is 0.414 e. The van der Waals surface area contributed by atoms with Crippen molar-refractivity contribution in [3.63, 3.8) is 0 Å². The summed E-state index contributed by atoms with van der Waals surface area (Å²) in [6.07, 6.45) is 4.99. The molecule has 11 nitrogen and oxygen atoms in total. The Kier molecular flexibility index (Phi) is 5.63. The van der Waals surface area contributed by atoms with Gasteiger partial charge >= 0.3 is 6.09 Å². The first-order valence-corrected chi connectivity index (χ1v) is 14.5. The molecule has 12 heteroatoms. The van der Waals surface area contributed by atoms with Crippen LogP contribution in [0.25, 0.3) is 11.1 Å². The quantitative estimate of drug-likeness (QED) is 0.444. The molecule has 5 fully saturated rings. The van der Waals surface area contributed by atoms with Gasteiger partial charge < -0.3 is 14.5 Å². The Labute approximate surface area is 241 Å². The Morgan fingerprint density at radius 3 is 2.64 bits per heavy atom. The van der Waals surface area contributed by atoms with Gasteiger partial charge in [-0.15, -0.1) is 5.10 Å². The van der Waals surface area contributed by atoms with Crippen LogP contribution in [-0.4, -0.2) is 87.2 Å². The standard InChI is InChI=1S/C30H29FN8O3/c31-26-9-20(39-13-21(42-29(39)41)12-38-8-6-34-35-38)2-3-22(26)18-1-4-27(33-10-18)30(17-32)24-15-37(16-25(24)30)28(40)23-14-36-7-5-19(23)11-36/h1-4,6,8-10,19,21,23-25H,5,7,11-16H2/t19-,21+,23+,24-,25+,30?/m1/s1. The average molecular weight is 569 g/mol. The number of anilines is 1. The van der Waals surface area contributed by atoms with Crippen molar-refractivity contribution in [2.24, 2.45) is 23.7 Å². The van der Waals surface area contributed by atoms with Gasteiger partial charge in [-0.2, -0.15) is 5.26 Å². The second-order valence-corrected chi connectivity index (χ2v) is 12.2. The van der Waals surface area contributed by atoms with Crippen LogP contribution in [0.2, 0.25) is 0 Å². The number of piperidine rings is 2. The minimum Gasteiger partial charge on any atom is -0.442 e. The van der Waals surface area contributed by atoms with Crippen molar-refractivity contribution in [3.8, 4) is 17.2 Å². The highest BCUT2D eigenvalue weighted by Crippen LogP contribution is 2.63. The SMILES string of the molecule is N#CC1(c2ccc(-c3ccc(N4C[C@H](Cn5ccnn5)OC4=O)cc3F)cn2)[C@@H]2CN(C(=O)[C@H]3CN4CC[C@@H]3C4)C[C@@H]21. The van der Waals surface area contributed by atoms with E-state index in [-0.39, 0.29) is 30.2 Å². The van der Waals surface area contributed by atoms with Crippen molar-refractivity contribution in [2.45, 2.75) is 24.5 Å². The average Bonchev–Trinajstić information content (AvgIpc) is 3.74. The second-order valence-electron chi connectivity index (χ2n) is 12.2. The summed E-state index contributed by atoms with van der Waals surface area (Å²) in [5.74, 6) is 0.492. The third kappa shape index (κ3) is 3.83. The van der Waals surface area contributed by atoms with Crippen molar-refractivity contribution >= 4 is 17.7 Å². The van der Waals surface area contributed by atoms with Crippen LogP contribution in [0.5, 0.6) is 0 Å². The van der Waals surface area contributed by atoms with Crippen molar-refractivity contribution in [3.05, 3.63) is 60.4 Å². The third-order valence-corrected chi connectivity index (χ3v) is 10.0. The van der Waals surface area contributed by atoms with E-state index >= 15 is 4.39 Å². The minimum atomic E-state index is -0.700. The summed E-state index contributed by atoms with van der Waals surface area (Å²) in [5, 5.41) is 17.9. The maximum Gasteiger partial charge on any atom is 0.414 e. The number of pyridine rings is 1. The van der Waals surface area contributed by atoms with E-state index in [2.05, 4.69) is 26.3 Å². The van der Waals surface area contributed by atoms with Crippen LogP contribution in [0.4, 0.5) is 14.9 Å². The van der Waals surface area contributed by atoms with Gasteiger partial charge in [0, 0.05) is 61.5 Å². The fourth-order valence-corrected chi connectivity index (χ4v) is 7.78. The Morgan fingerprint density at radius 2 is 2.00 bits per heavy atom. The number of halogens is 1. The van der Waals surface area contributed by atoms with E-state index in [0.717, 1.165) is 26.1 Å². The van der Waals surface area contributed by atoms with Gasteiger partial charge in [0.2, 0.25) is 5.91 Å². The molecule has 3 aromatic rings. The van der Waals surface area contributed by atoms with Gasteiger partial charge in [0.1, 0.15) is 17.3 Å². The predicted molar refractivity (Wildman–Crippen MR) is 146 cm³/mol. The molecule has 1 saturated carbocycles. The zero-order valence-corrected chi connectivity index (χ0v) is 22.8. The lowest BCUT2D eigenvalue weighted by Crippen LogP contribution is -2.42. The third-order valence-electron chi connectivity index (χ3n) is 10.0. The highest BCUT2D eigenvalue weighted by molar-refractivity contribution is 5.90. The highest BCUT2D eigenvalue weighted by atomic mass is 19.1. The van der Waals surface area contributed by atoms with Crippen molar-refractivity contribution < 1.29 is 18.7 Å². The summed E-state index contributed by atoms with van der Waals surface area (Å²) < 4.78 is 22.3. The Morgan fingerprint density at radius 1 is 1.14 bits per heavy atom. The molecule has 7 atom stereocenters. The summed E-state index contributed by atoms with van der Waals surface area (Å²) in [7, 11) is 0. The number of ether oxygens (including phenoxy) is 1. The molecule has 5 aliphatic rings. The van der Waals surface area contributed by atoms with Gasteiger partial charge in [-0.25, -0.2) is 13.9 Å². The van der Waals surface area contributed by atoms with Crippen molar-refractivity contribution in [1.29, 1.82) is 5.26 Å². The number of rotatable bonds is 6. The minimum absolute atomic E-state index is 0.0771. The Balaban J connectivity index is 0.941. The number of likely N-dealkylation sites (tertiary alicyclic amines) is 1. The van der Waals surface area contributed by atoms with Gasteiger partial charge in [-0.3, -0.25) is 14.7 Å². The van der Waals surface area contributed by atoms with Crippen LogP contribution < -0.4 is 4.90 Å². The van der Waals surface area contributed by atoms with Gasteiger partial charge in [-0.05, 0) is 43.1 Å². The molecule has 0 spiro atoms. The predicted octanol–water partition coefficient (Wildman–Crippen LogP) is 2.31. The Hall–Kier alpha value is -4.37. The molecule has 1 aliphatic carbocycles. The summed E-state index contributed by atoms with van der Waals surface area (Å²) in [6.45, 7) is 4.83. The largest absolute Gasteiger partial charge is 0.442 e. The van der Waals surface area contributed by atoms with E-state index in [1.807, 2.05) is 11.0 Å². The molecular formula is C30H29FN8O3. The summed E-state index contributed by atoms with van der Waals surface area (Å²) >= 11 is 0. The molecule has 2 aromatic heterocycles. The lowest BCUT2D eigenvalue weighted by molar-refractivity contribution is -0.136. The lowest BCUT2D eigenvalue weighted by Gasteiger charge is -2.29. The molecule has 2 unspecified atom stereocenters. The second kappa shape index (κ2) is 9.32. The number of carbonyl (C=O) groups is 2. The first-order chi connectivity index (χ1) is 20.4. The number of cyclic esters (lactones) is 1. The van der Waals surface area contributed by atoms with E-state index in [4.69, 9.17) is 4.74 Å². The number of hydrogen-bond donors (Lipinski definition) is 0. The van der Waals surface area contributed by atoms with Gasteiger partial charge in [-0.1, -0.05) is 11.3 Å². The van der Waals surface area contributed by atoms with Gasteiger partial charge in [0.05, 0.1) is 42.7 Å². The first-order valence-electron chi connectivity index (χ1n) is 14.5. The van der Waals surface area contributed by atoms with Crippen LogP contribution in [0.3, 0.4) is 0 Å². The number of benzene rings is 1. The van der Waals surface area contributed by atoms with Crippen LogP contribution in [0.15, 0.2) is 48.9 Å². The molecule has 4 saturated heterocycles. The molecule has 42 heavy (non-hydrogen) atoms. The number of fused-ring (bicyclic) bond motifs is 3. The maximum atomic E-state index is 15.3. The summed E-state index contributed by atoms with van der Waals surface area (Å²) in [5.41, 5.74) is 1.32. The number of carbonyl (C=O) groups excluding carboxylic acids is 2. The molecule has 6 heterocycles. The number of aromatic nitrogens is 4. The number of amides is 2. The zero-order valence-electron chi connectivity index (χ0n) is 22.8. The van der Waals surface area contributed by atoms with Crippen molar-refractivity contribution in [1.82, 2.24) is 29.8 Å². The molecule has 2 amide bonds. The van der Waals surface area contributed by atoms with Gasteiger partial charge in [0.15, 0.2) is 0 Å². The Bertz CT molecular complexity index is 1590. The number of nitriles is 1. The fraction of sp³-hybridized carbons (Fsp3) is 0.467. The molecule has 1 aromatic carbocycles. The van der Waals surface area contributed by atoms with Gasteiger partial charge in [0.25, 0.3) is 0 Å². The van der Waals surface area contributed by atoms with E-state index in [0.29, 0.717) is 48.1 Å². The molecule has 0 radical (unpaired) electrons. The maximum absolute atomic E-state index is 15.3. The van der Waals surface area contributed by atoms with E-state index in [1.54, 1.807) is 41.5 Å². The molecule has 214 valence electrons. The molecule has 8 rings (SSSR count). The van der Waals surface area contributed by atoms with Crippen LogP contribution in [-0.2, 0) is 21.5 Å².